The van der Waals surface area contributed by atoms with Gasteiger partial charge in [0.2, 0.25) is 0 Å². The first kappa shape index (κ1) is 47.1. The molecule has 80 heavy (non-hydrogen) atoms. The molecule has 1 aliphatic rings. The Hall–Kier alpha value is -10.2. The van der Waals surface area contributed by atoms with Gasteiger partial charge in [0.25, 0.3) is 0 Å². The van der Waals surface area contributed by atoms with E-state index in [1.54, 1.807) is 0 Å². The summed E-state index contributed by atoms with van der Waals surface area (Å²) in [7, 11) is 0. The number of para-hydroxylation sites is 4. The molecule has 0 N–H and O–H groups in total. The van der Waals surface area contributed by atoms with Crippen LogP contribution in [0.15, 0.2) is 264 Å². The predicted molar refractivity (Wildman–Crippen MR) is 339 cm³/mol. The van der Waals surface area contributed by atoms with Crippen LogP contribution in [0.2, 0.25) is 0 Å². The lowest BCUT2D eigenvalue weighted by Crippen LogP contribution is -2.18. The molecule has 0 unspecified atom stereocenters. The molecule has 0 aliphatic heterocycles. The van der Waals surface area contributed by atoms with Crippen molar-refractivity contribution in [2.24, 2.45) is 0 Å². The maximum atomic E-state index is 7.36. The van der Waals surface area contributed by atoms with Crippen molar-refractivity contribution in [3.05, 3.63) is 278 Å². The van der Waals surface area contributed by atoms with E-state index >= 15 is 0 Å². The fraction of sp³-hybridized carbons (Fsp3) is 0.0526. The summed E-state index contributed by atoms with van der Waals surface area (Å²) in [6.07, 6.45) is 6.29. The van der Waals surface area contributed by atoms with E-state index in [1.165, 1.54) is 27.6 Å². The van der Waals surface area contributed by atoms with Crippen LogP contribution in [0.1, 0.15) is 43.0 Å². The second kappa shape index (κ2) is 18.5. The molecule has 15 rings (SSSR count). The van der Waals surface area contributed by atoms with Crippen LogP contribution in [0.4, 0.5) is 34.1 Å². The van der Waals surface area contributed by atoms with Gasteiger partial charge in [-0.3, -0.25) is 0 Å². The summed E-state index contributed by atoms with van der Waals surface area (Å²) in [5, 5.41) is 8.95. The maximum absolute atomic E-state index is 7.36. The molecule has 12 aromatic carbocycles. The minimum Gasteiger partial charge on any atom is -0.453 e. The Morgan fingerprint density at radius 1 is 0.400 bits per heavy atom. The molecule has 4 nitrogen and oxygen atoms in total. The standard InChI is InChI=1S/C76H54N2O2/c1-5-25-55-48(6-2)44-68(75-70(55)62-40-23-38-57(72(62)80-75)49-26-11-7-12-27-49)78(53-33-17-10-18-34-53)66-47-65-69(60-37-22-21-36-59(60)66)61-43-42-54(46-64(61)76(65,3)4)77(52-31-15-9-16-32-52)67-45-51-30-19-20-35-56(51)71-63-41-24-39-58(73(63)79-74(67)71)50-28-13-8-14-29-50/h5-47H,2H2,1,3-4H3/b25-5-. The topological polar surface area (TPSA) is 32.8 Å². The Morgan fingerprint density at radius 3 is 1.55 bits per heavy atom. The first-order chi connectivity index (χ1) is 39.4. The summed E-state index contributed by atoms with van der Waals surface area (Å²) in [5.41, 5.74) is 20.5. The molecule has 4 heteroatoms. The summed E-state index contributed by atoms with van der Waals surface area (Å²) in [6.45, 7) is 11.3. The first-order valence-corrected chi connectivity index (χ1v) is 27.6. The van der Waals surface area contributed by atoms with Gasteiger partial charge in [-0.1, -0.05) is 227 Å². The smallest absolute Gasteiger partial charge is 0.160 e. The molecular weight excluding hydrogens is 973 g/mol. The Kier molecular flexibility index (Phi) is 10.9. The Labute approximate surface area is 465 Å². The minimum atomic E-state index is -0.436. The van der Waals surface area contributed by atoms with Crippen LogP contribution in [-0.2, 0) is 5.41 Å². The SMILES string of the molecule is C=Cc1cc(N(c2ccccc2)c2cc3c(c4ccccc24)-c2ccc(N(c4ccccc4)c4cc5ccccc5c5c4oc4c(-c6ccccc6)cccc45)cc2C3(C)C)c2oc3c(-c4ccccc4)cccc3c2c1/C=C\C. The summed E-state index contributed by atoms with van der Waals surface area (Å²) < 4.78 is 14.6. The molecule has 0 radical (unpaired) electrons. The van der Waals surface area contributed by atoms with Gasteiger partial charge in [-0.15, -0.1) is 0 Å². The Bertz CT molecular complexity index is 4820. The zero-order valence-corrected chi connectivity index (χ0v) is 44.7. The zero-order valence-electron chi connectivity index (χ0n) is 44.7. The van der Waals surface area contributed by atoms with Gasteiger partial charge in [-0.25, -0.2) is 0 Å². The maximum Gasteiger partial charge on any atom is 0.160 e. The fourth-order valence-electron chi connectivity index (χ4n) is 13.0. The number of hydrogen-bond acceptors (Lipinski definition) is 4. The Morgan fingerprint density at radius 2 is 0.925 bits per heavy atom. The molecule has 0 saturated carbocycles. The van der Waals surface area contributed by atoms with Crippen molar-refractivity contribution in [2.45, 2.75) is 26.2 Å². The van der Waals surface area contributed by atoms with E-state index in [1.807, 2.05) is 6.08 Å². The van der Waals surface area contributed by atoms with E-state index in [-0.39, 0.29) is 0 Å². The van der Waals surface area contributed by atoms with Gasteiger partial charge >= 0.3 is 0 Å². The number of furan rings is 2. The van der Waals surface area contributed by atoms with Gasteiger partial charge in [-0.2, -0.15) is 0 Å². The van der Waals surface area contributed by atoms with Crippen molar-refractivity contribution in [3.63, 3.8) is 0 Å². The third-order valence-electron chi connectivity index (χ3n) is 16.7. The van der Waals surface area contributed by atoms with Crippen LogP contribution >= 0.6 is 0 Å². The van der Waals surface area contributed by atoms with Crippen LogP contribution in [0.5, 0.6) is 0 Å². The molecule has 14 aromatic rings. The van der Waals surface area contributed by atoms with E-state index in [2.05, 4.69) is 292 Å². The number of anilines is 6. The molecule has 0 atom stereocenters. The van der Waals surface area contributed by atoms with Crippen LogP contribution in [0.3, 0.4) is 0 Å². The normalized spacial score (nSPS) is 12.8. The molecule has 0 saturated heterocycles. The average Bonchev–Trinajstić information content (AvgIpc) is 4.27. The van der Waals surface area contributed by atoms with Gasteiger partial charge in [-0.05, 0) is 122 Å². The molecule has 2 heterocycles. The van der Waals surface area contributed by atoms with Gasteiger partial charge in [0.1, 0.15) is 11.2 Å². The number of fused-ring (bicyclic) bond motifs is 13. The van der Waals surface area contributed by atoms with Gasteiger partial charge < -0.3 is 18.6 Å². The molecule has 0 bridgehead atoms. The van der Waals surface area contributed by atoms with Crippen LogP contribution in [-0.4, -0.2) is 0 Å². The molecule has 0 spiro atoms. The van der Waals surface area contributed by atoms with Gasteiger partial charge in [0, 0.05) is 60.5 Å². The Balaban J connectivity index is 0.955. The van der Waals surface area contributed by atoms with Crippen molar-refractivity contribution in [2.75, 3.05) is 9.80 Å². The lowest BCUT2D eigenvalue weighted by molar-refractivity contribution is 0.660. The lowest BCUT2D eigenvalue weighted by atomic mass is 9.81. The quantitative estimate of drug-likeness (QED) is 0.137. The van der Waals surface area contributed by atoms with Crippen LogP contribution in [0, 0.1) is 0 Å². The highest BCUT2D eigenvalue weighted by Crippen LogP contribution is 2.57. The molecule has 380 valence electrons. The van der Waals surface area contributed by atoms with E-state index in [9.17, 15) is 0 Å². The van der Waals surface area contributed by atoms with Crippen molar-refractivity contribution < 1.29 is 8.83 Å². The van der Waals surface area contributed by atoms with Crippen LogP contribution < -0.4 is 9.80 Å². The van der Waals surface area contributed by atoms with Crippen molar-refractivity contribution in [1.82, 2.24) is 0 Å². The third-order valence-corrected chi connectivity index (χ3v) is 16.7. The van der Waals surface area contributed by atoms with E-state index < -0.39 is 5.41 Å². The number of rotatable bonds is 10. The number of benzene rings is 12. The van der Waals surface area contributed by atoms with Crippen molar-refractivity contribution in [3.8, 4) is 33.4 Å². The average molecular weight is 1030 g/mol. The third kappa shape index (κ3) is 7.15. The van der Waals surface area contributed by atoms with E-state index in [4.69, 9.17) is 8.83 Å². The number of hydrogen-bond donors (Lipinski definition) is 0. The fourth-order valence-corrected chi connectivity index (χ4v) is 13.0. The predicted octanol–water partition coefficient (Wildman–Crippen LogP) is 22.0. The zero-order chi connectivity index (χ0) is 53.6. The van der Waals surface area contributed by atoms with E-state index in [0.717, 1.165) is 128 Å². The molecular formula is C76H54N2O2. The van der Waals surface area contributed by atoms with Gasteiger partial charge in [0.05, 0.1) is 17.1 Å². The van der Waals surface area contributed by atoms with Crippen molar-refractivity contribution in [1.29, 1.82) is 0 Å². The second-order valence-electron chi connectivity index (χ2n) is 21.5. The van der Waals surface area contributed by atoms with Crippen molar-refractivity contribution >= 4 is 112 Å². The highest BCUT2D eigenvalue weighted by molar-refractivity contribution is 6.25. The molecule has 1 aliphatic carbocycles. The molecule has 0 fully saturated rings. The summed E-state index contributed by atoms with van der Waals surface area (Å²) in [5.74, 6) is 0. The highest BCUT2D eigenvalue weighted by atomic mass is 16.3. The first-order valence-electron chi connectivity index (χ1n) is 27.6. The second-order valence-corrected chi connectivity index (χ2v) is 21.5. The largest absolute Gasteiger partial charge is 0.453 e. The molecule has 0 amide bonds. The van der Waals surface area contributed by atoms with E-state index in [0.29, 0.717) is 0 Å². The summed E-state index contributed by atoms with van der Waals surface area (Å²) in [4.78, 5) is 4.82. The highest BCUT2D eigenvalue weighted by Gasteiger charge is 2.39. The minimum absolute atomic E-state index is 0.436. The molecule has 2 aromatic heterocycles. The number of allylic oxidation sites excluding steroid dienone is 1. The van der Waals surface area contributed by atoms with Gasteiger partial charge in [0.15, 0.2) is 11.2 Å². The number of nitrogens with zero attached hydrogens (tertiary/aromatic N) is 2. The summed E-state index contributed by atoms with van der Waals surface area (Å²) >= 11 is 0. The summed E-state index contributed by atoms with van der Waals surface area (Å²) in [6, 6.07) is 87.5. The monoisotopic (exact) mass is 1030 g/mol. The lowest BCUT2D eigenvalue weighted by Gasteiger charge is -2.30. The van der Waals surface area contributed by atoms with Crippen LogP contribution in [0.25, 0.3) is 111 Å².